The topological polar surface area (TPSA) is 88.9 Å². The summed E-state index contributed by atoms with van der Waals surface area (Å²) in [7, 11) is 0. The Kier molecular flexibility index (Phi) is 6.29. The second-order valence-corrected chi connectivity index (χ2v) is 7.56. The Balaban J connectivity index is 1.68. The van der Waals surface area contributed by atoms with Crippen molar-refractivity contribution in [3.05, 3.63) is 68.7 Å². The van der Waals surface area contributed by atoms with Crippen molar-refractivity contribution in [2.45, 2.75) is 20.4 Å². The van der Waals surface area contributed by atoms with Gasteiger partial charge in [0.25, 0.3) is 5.91 Å². The van der Waals surface area contributed by atoms with Crippen molar-refractivity contribution in [1.29, 1.82) is 0 Å². The molecule has 2 amide bonds. The number of aromatic nitrogens is 3. The maximum Gasteiger partial charge on any atom is 0.278 e. The summed E-state index contributed by atoms with van der Waals surface area (Å²) >= 11 is 9.11. The van der Waals surface area contributed by atoms with Gasteiger partial charge in [-0.1, -0.05) is 22.9 Å². The quantitative estimate of drug-likeness (QED) is 0.568. The zero-order chi connectivity index (χ0) is 21.1. The number of aryl methyl sites for hydroxylation is 1. The molecule has 3 rings (SSSR count). The highest BCUT2D eigenvalue weighted by molar-refractivity contribution is 9.10. The highest BCUT2D eigenvalue weighted by Gasteiger charge is 2.19. The first-order chi connectivity index (χ1) is 13.7. The molecule has 1 heterocycles. The van der Waals surface area contributed by atoms with Crippen molar-refractivity contribution in [1.82, 2.24) is 15.0 Å². The monoisotopic (exact) mass is 479 g/mol. The number of halogens is 3. The van der Waals surface area contributed by atoms with Gasteiger partial charge in [0, 0.05) is 10.2 Å². The van der Waals surface area contributed by atoms with Gasteiger partial charge in [0.1, 0.15) is 12.4 Å². The molecule has 2 N–H and O–H groups in total. The molecule has 1 aromatic heterocycles. The molecule has 0 spiro atoms. The van der Waals surface area contributed by atoms with Crippen LogP contribution in [0.4, 0.5) is 15.8 Å². The van der Waals surface area contributed by atoms with Crippen LogP contribution in [-0.2, 0) is 11.3 Å². The Morgan fingerprint density at radius 3 is 2.62 bits per heavy atom. The number of hydrogen-bond acceptors (Lipinski definition) is 4. The third-order valence-electron chi connectivity index (χ3n) is 4.07. The van der Waals surface area contributed by atoms with Gasteiger partial charge < -0.3 is 10.6 Å². The molecule has 0 aliphatic carbocycles. The summed E-state index contributed by atoms with van der Waals surface area (Å²) in [5.74, 6) is -1.44. The molecule has 3 aromatic rings. The molecule has 0 bridgehead atoms. The zero-order valence-electron chi connectivity index (χ0n) is 15.5. The molecule has 29 heavy (non-hydrogen) atoms. The lowest BCUT2D eigenvalue weighted by Gasteiger charge is -2.08. The van der Waals surface area contributed by atoms with Crippen molar-refractivity contribution >= 4 is 50.7 Å². The van der Waals surface area contributed by atoms with Crippen LogP contribution < -0.4 is 10.6 Å². The largest absolute Gasteiger partial charge is 0.324 e. The van der Waals surface area contributed by atoms with Gasteiger partial charge in [0.15, 0.2) is 5.69 Å². The predicted molar refractivity (Wildman–Crippen MR) is 112 cm³/mol. The van der Waals surface area contributed by atoms with Crippen LogP contribution in [0.2, 0.25) is 5.02 Å². The molecule has 150 valence electrons. The van der Waals surface area contributed by atoms with E-state index in [0.29, 0.717) is 17.1 Å². The van der Waals surface area contributed by atoms with Crippen molar-refractivity contribution in [3.63, 3.8) is 0 Å². The lowest BCUT2D eigenvalue weighted by molar-refractivity contribution is -0.117. The molecule has 0 atom stereocenters. The fourth-order valence-corrected chi connectivity index (χ4v) is 3.31. The number of nitrogens with zero attached hydrogens (tertiary/aromatic N) is 3. The first kappa shape index (κ1) is 20.9. The molecule has 0 aliphatic rings. The lowest BCUT2D eigenvalue weighted by atomic mass is 10.2. The summed E-state index contributed by atoms with van der Waals surface area (Å²) in [6.07, 6.45) is 0. The molecule has 7 nitrogen and oxygen atoms in total. The summed E-state index contributed by atoms with van der Waals surface area (Å²) in [5, 5.41) is 13.0. The summed E-state index contributed by atoms with van der Waals surface area (Å²) in [4.78, 5) is 24.8. The number of benzene rings is 2. The highest BCUT2D eigenvalue weighted by atomic mass is 79.9. The van der Waals surface area contributed by atoms with Gasteiger partial charge in [-0.15, -0.1) is 5.10 Å². The standard InChI is InChI=1S/C19H16BrClFN5O2/c1-10-3-6-16(13(20)7-10)24-19(29)18-11(2)27(26-25-18)9-17(28)23-12-4-5-15(22)14(21)8-12/h3-8H,9H2,1-2H3,(H,23,28)(H,24,29). The minimum atomic E-state index is -0.576. The van der Waals surface area contributed by atoms with E-state index in [1.807, 2.05) is 19.1 Å². The first-order valence-electron chi connectivity index (χ1n) is 8.47. The van der Waals surface area contributed by atoms with E-state index in [9.17, 15) is 14.0 Å². The molecule has 0 radical (unpaired) electrons. The summed E-state index contributed by atoms with van der Waals surface area (Å²) < 4.78 is 15.3. The number of nitrogens with one attached hydrogen (secondary N) is 2. The van der Waals surface area contributed by atoms with Crippen molar-refractivity contribution in [2.24, 2.45) is 0 Å². The van der Waals surface area contributed by atoms with E-state index in [2.05, 4.69) is 36.9 Å². The van der Waals surface area contributed by atoms with Crippen LogP contribution in [0.3, 0.4) is 0 Å². The molecule has 0 aliphatic heterocycles. The molecule has 0 fully saturated rings. The summed E-state index contributed by atoms with van der Waals surface area (Å²) in [6.45, 7) is 3.41. The van der Waals surface area contributed by atoms with Crippen LogP contribution in [-0.4, -0.2) is 26.8 Å². The minimum Gasteiger partial charge on any atom is -0.324 e. The third kappa shape index (κ3) is 4.99. The smallest absolute Gasteiger partial charge is 0.278 e. The average Bonchev–Trinajstić information content (AvgIpc) is 3.01. The van der Waals surface area contributed by atoms with Crippen LogP contribution in [0, 0.1) is 19.7 Å². The second-order valence-electron chi connectivity index (χ2n) is 6.30. The Morgan fingerprint density at radius 1 is 1.17 bits per heavy atom. The van der Waals surface area contributed by atoms with Crippen LogP contribution >= 0.6 is 27.5 Å². The van der Waals surface area contributed by atoms with E-state index in [0.717, 1.165) is 16.1 Å². The van der Waals surface area contributed by atoms with E-state index in [4.69, 9.17) is 11.6 Å². The number of carbonyl (C=O) groups is 2. The van der Waals surface area contributed by atoms with E-state index in [1.165, 1.54) is 16.8 Å². The average molecular weight is 481 g/mol. The van der Waals surface area contributed by atoms with Gasteiger partial charge >= 0.3 is 0 Å². The molecule has 0 unspecified atom stereocenters. The van der Waals surface area contributed by atoms with E-state index < -0.39 is 17.6 Å². The van der Waals surface area contributed by atoms with Gasteiger partial charge in [0.2, 0.25) is 5.91 Å². The first-order valence-corrected chi connectivity index (χ1v) is 9.64. The van der Waals surface area contributed by atoms with Gasteiger partial charge in [-0.3, -0.25) is 9.59 Å². The number of carbonyl (C=O) groups excluding carboxylic acids is 2. The van der Waals surface area contributed by atoms with E-state index >= 15 is 0 Å². The fraction of sp³-hybridized carbons (Fsp3) is 0.158. The third-order valence-corrected chi connectivity index (χ3v) is 5.01. The molecule has 10 heteroatoms. The Hall–Kier alpha value is -2.78. The molecular weight excluding hydrogens is 465 g/mol. The number of anilines is 2. The maximum absolute atomic E-state index is 13.2. The van der Waals surface area contributed by atoms with Crippen molar-refractivity contribution in [3.8, 4) is 0 Å². The van der Waals surface area contributed by atoms with E-state index in [1.54, 1.807) is 13.0 Å². The van der Waals surface area contributed by atoms with E-state index in [-0.39, 0.29) is 17.3 Å². The zero-order valence-corrected chi connectivity index (χ0v) is 17.8. The predicted octanol–water partition coefficient (Wildman–Crippen LogP) is 4.34. The number of rotatable bonds is 5. The van der Waals surface area contributed by atoms with Crippen LogP contribution in [0.25, 0.3) is 0 Å². The molecule has 0 saturated heterocycles. The number of hydrogen-bond donors (Lipinski definition) is 2. The van der Waals surface area contributed by atoms with Crippen LogP contribution in [0.15, 0.2) is 40.9 Å². The van der Waals surface area contributed by atoms with Gasteiger partial charge in [-0.2, -0.15) is 0 Å². The summed E-state index contributed by atoms with van der Waals surface area (Å²) in [5.41, 5.74) is 2.53. The van der Waals surface area contributed by atoms with Crippen LogP contribution in [0.1, 0.15) is 21.7 Å². The summed E-state index contributed by atoms with van der Waals surface area (Å²) in [6, 6.07) is 9.39. The Morgan fingerprint density at radius 2 is 1.93 bits per heavy atom. The SMILES string of the molecule is Cc1ccc(NC(=O)c2nnn(CC(=O)Nc3ccc(F)c(Cl)c3)c2C)c(Br)c1. The van der Waals surface area contributed by atoms with Gasteiger partial charge in [-0.25, -0.2) is 9.07 Å². The Bertz CT molecular complexity index is 1100. The molecular formula is C19H16BrClFN5O2. The van der Waals surface area contributed by atoms with Gasteiger partial charge in [-0.05, 0) is 65.7 Å². The molecule has 2 aromatic carbocycles. The Labute approximate surface area is 179 Å². The second kappa shape index (κ2) is 8.71. The normalized spacial score (nSPS) is 10.7. The maximum atomic E-state index is 13.2. The number of amides is 2. The minimum absolute atomic E-state index is 0.0963. The van der Waals surface area contributed by atoms with Crippen molar-refractivity contribution in [2.75, 3.05) is 10.6 Å². The molecule has 0 saturated carbocycles. The van der Waals surface area contributed by atoms with Crippen molar-refractivity contribution < 1.29 is 14.0 Å². The van der Waals surface area contributed by atoms with Crippen LogP contribution in [0.5, 0.6) is 0 Å². The highest BCUT2D eigenvalue weighted by Crippen LogP contribution is 2.24. The lowest BCUT2D eigenvalue weighted by Crippen LogP contribution is -2.21. The fourth-order valence-electron chi connectivity index (χ4n) is 2.53. The van der Waals surface area contributed by atoms with Gasteiger partial charge in [0.05, 0.1) is 16.4 Å².